The third kappa shape index (κ3) is 3.99. The maximum atomic E-state index is 12.8. The van der Waals surface area contributed by atoms with Crippen LogP contribution in [0.1, 0.15) is 44.4 Å². The van der Waals surface area contributed by atoms with Crippen molar-refractivity contribution in [2.24, 2.45) is 4.40 Å². The molecule has 1 aromatic rings. The van der Waals surface area contributed by atoms with Gasteiger partial charge in [-0.25, -0.2) is 0 Å². The minimum atomic E-state index is -4.40. The second-order valence-corrected chi connectivity index (χ2v) is 7.42. The van der Waals surface area contributed by atoms with E-state index in [2.05, 4.69) is 4.40 Å². The van der Waals surface area contributed by atoms with Crippen LogP contribution in [0, 0.1) is 6.92 Å². The Hall–Kier alpha value is -1.01. The Bertz CT molecular complexity index is 518. The van der Waals surface area contributed by atoms with Crippen molar-refractivity contribution in [2.45, 2.75) is 45.5 Å². The quantitative estimate of drug-likeness (QED) is 0.593. The van der Waals surface area contributed by atoms with E-state index in [4.69, 9.17) is 0 Å². The Kier molecular flexibility index (Phi) is 4.92. The van der Waals surface area contributed by atoms with Crippen LogP contribution >= 0.6 is 0 Å². The van der Waals surface area contributed by atoms with Crippen molar-refractivity contribution in [3.63, 3.8) is 0 Å². The second kappa shape index (κ2) is 5.77. The first-order valence-corrected chi connectivity index (χ1v) is 7.19. The fourth-order valence-electron chi connectivity index (χ4n) is 1.65. The molecule has 0 bridgehead atoms. The van der Waals surface area contributed by atoms with E-state index in [1.807, 2.05) is 0 Å². The van der Waals surface area contributed by atoms with Gasteiger partial charge in [-0.3, -0.25) is 0 Å². The number of nitrogens with zero attached hydrogens (tertiary/aromatic N) is 1. The molecule has 0 N–H and O–H groups in total. The molecule has 0 amide bonds. The van der Waals surface area contributed by atoms with E-state index in [9.17, 15) is 17.7 Å². The van der Waals surface area contributed by atoms with Crippen molar-refractivity contribution in [3.8, 4) is 0 Å². The molecule has 0 aromatic heterocycles. The first-order chi connectivity index (χ1) is 8.94. The van der Waals surface area contributed by atoms with Crippen LogP contribution in [0.5, 0.6) is 0 Å². The van der Waals surface area contributed by atoms with Crippen molar-refractivity contribution in [3.05, 3.63) is 34.9 Å². The molecule has 0 aliphatic carbocycles. The topological polar surface area (TPSA) is 35.4 Å². The van der Waals surface area contributed by atoms with Crippen LogP contribution in [0.25, 0.3) is 0 Å². The molecule has 20 heavy (non-hydrogen) atoms. The summed E-state index contributed by atoms with van der Waals surface area (Å²) < 4.78 is 54.0. The minimum absolute atomic E-state index is 0.104. The number of benzene rings is 1. The van der Waals surface area contributed by atoms with Gasteiger partial charge in [0.15, 0.2) is 0 Å². The van der Waals surface area contributed by atoms with Crippen LogP contribution < -0.4 is 0 Å². The normalized spacial score (nSPS) is 15.3. The Morgan fingerprint density at radius 3 is 2.20 bits per heavy atom. The molecule has 0 aliphatic heterocycles. The summed E-state index contributed by atoms with van der Waals surface area (Å²) in [5.74, 6) is 0. The maximum Gasteiger partial charge on any atom is 0.416 e. The molecule has 0 spiro atoms. The monoisotopic (exact) mass is 305 g/mol. The van der Waals surface area contributed by atoms with Crippen LogP contribution in [0.3, 0.4) is 0 Å². The molecule has 2 nitrogen and oxygen atoms in total. The Labute approximate surface area is 120 Å². The molecular weight excluding hydrogens is 287 g/mol. The van der Waals surface area contributed by atoms with Gasteiger partial charge in [-0.15, -0.1) is 0 Å². The summed E-state index contributed by atoms with van der Waals surface area (Å²) in [4.78, 5) is 0. The smallest absolute Gasteiger partial charge is 0.416 e. The molecule has 1 atom stereocenters. The van der Waals surface area contributed by atoms with Gasteiger partial charge in [0.1, 0.15) is 16.1 Å². The van der Waals surface area contributed by atoms with Gasteiger partial charge in [0.2, 0.25) is 0 Å². The summed E-state index contributed by atoms with van der Waals surface area (Å²) >= 11 is -1.50. The van der Waals surface area contributed by atoms with Crippen molar-refractivity contribution >= 4 is 17.1 Å². The molecule has 112 valence electrons. The summed E-state index contributed by atoms with van der Waals surface area (Å²) in [5.41, 5.74) is 0.137. The van der Waals surface area contributed by atoms with E-state index in [1.54, 1.807) is 33.8 Å². The van der Waals surface area contributed by atoms with Crippen LogP contribution in [-0.2, 0) is 17.5 Å². The minimum Gasteiger partial charge on any atom is -0.591 e. The third-order valence-corrected chi connectivity index (χ3v) is 4.26. The van der Waals surface area contributed by atoms with Crippen LogP contribution in [0.2, 0.25) is 0 Å². The molecule has 0 saturated carbocycles. The summed E-state index contributed by atoms with van der Waals surface area (Å²) in [7, 11) is 0. The van der Waals surface area contributed by atoms with Crippen molar-refractivity contribution < 1.29 is 17.7 Å². The van der Waals surface area contributed by atoms with E-state index in [1.165, 1.54) is 13.0 Å². The van der Waals surface area contributed by atoms with Gasteiger partial charge in [0.25, 0.3) is 0 Å². The Balaban J connectivity index is 3.25. The zero-order chi connectivity index (χ0) is 15.7. The summed E-state index contributed by atoms with van der Waals surface area (Å²) in [5, 5.41) is 0. The van der Waals surface area contributed by atoms with Crippen LogP contribution in [0.15, 0.2) is 22.6 Å². The molecule has 6 heteroatoms. The Morgan fingerprint density at radius 1 is 1.20 bits per heavy atom. The lowest BCUT2D eigenvalue weighted by Crippen LogP contribution is -2.27. The predicted molar refractivity (Wildman–Crippen MR) is 76.3 cm³/mol. The summed E-state index contributed by atoms with van der Waals surface area (Å²) in [6.07, 6.45) is -4.40. The van der Waals surface area contributed by atoms with E-state index < -0.39 is 27.8 Å². The van der Waals surface area contributed by atoms with Crippen LogP contribution in [-0.4, -0.2) is 15.0 Å². The second-order valence-electron chi connectivity index (χ2n) is 5.51. The van der Waals surface area contributed by atoms with Crippen molar-refractivity contribution in [1.82, 2.24) is 0 Å². The molecule has 0 radical (unpaired) electrons. The average molecular weight is 305 g/mol. The molecule has 1 aromatic carbocycles. The fraction of sp³-hybridized carbons (Fsp3) is 0.500. The van der Waals surface area contributed by atoms with Gasteiger partial charge in [-0.2, -0.15) is 13.2 Å². The van der Waals surface area contributed by atoms with Gasteiger partial charge < -0.3 is 4.55 Å². The zero-order valence-corrected chi connectivity index (χ0v) is 12.9. The highest BCUT2D eigenvalue weighted by Crippen LogP contribution is 2.33. The maximum absolute atomic E-state index is 12.8. The van der Waals surface area contributed by atoms with Crippen molar-refractivity contribution in [2.75, 3.05) is 0 Å². The van der Waals surface area contributed by atoms with Crippen LogP contribution in [0.4, 0.5) is 13.2 Å². The number of alkyl halides is 3. The van der Waals surface area contributed by atoms with E-state index in [0.717, 1.165) is 6.07 Å². The molecular formula is C14H18F3NOS. The molecule has 0 saturated heterocycles. The highest BCUT2D eigenvalue weighted by Gasteiger charge is 2.33. The molecule has 0 heterocycles. The molecule has 1 rings (SSSR count). The largest absolute Gasteiger partial charge is 0.591 e. The molecule has 1 unspecified atom stereocenters. The van der Waals surface area contributed by atoms with Gasteiger partial charge in [-0.05, 0) is 46.2 Å². The predicted octanol–water partition coefficient (Wildman–Crippen LogP) is 4.29. The molecule has 0 fully saturated rings. The fourth-order valence-corrected chi connectivity index (χ4v) is 2.27. The number of halogens is 3. The van der Waals surface area contributed by atoms with E-state index in [-0.39, 0.29) is 5.56 Å². The first-order valence-electron chi connectivity index (χ1n) is 6.09. The highest BCUT2D eigenvalue weighted by molar-refractivity contribution is 7.91. The number of hydrogen-bond acceptors (Lipinski definition) is 2. The highest BCUT2D eigenvalue weighted by atomic mass is 32.2. The standard InChI is InChI=1S/C14H18F3NOS/c1-9-11(7-6-8-12(9)14(15,16)17)10(2)18-20(19)13(3,4)5/h6-8H,1-5H3/b18-10+. The van der Waals surface area contributed by atoms with Gasteiger partial charge in [0.05, 0.1) is 11.3 Å². The van der Waals surface area contributed by atoms with Crippen molar-refractivity contribution in [1.29, 1.82) is 0 Å². The first kappa shape index (κ1) is 17.0. The van der Waals surface area contributed by atoms with E-state index in [0.29, 0.717) is 11.3 Å². The van der Waals surface area contributed by atoms with E-state index >= 15 is 0 Å². The average Bonchev–Trinajstić information content (AvgIpc) is 2.26. The van der Waals surface area contributed by atoms with Gasteiger partial charge in [0, 0.05) is 5.56 Å². The molecule has 0 aliphatic rings. The Morgan fingerprint density at radius 2 is 1.75 bits per heavy atom. The SMILES string of the molecule is C/C(=N\[S+]([O-])C(C)(C)C)c1cccc(C(F)(F)F)c1C. The third-order valence-electron chi connectivity index (χ3n) is 2.77. The van der Waals surface area contributed by atoms with Gasteiger partial charge >= 0.3 is 6.18 Å². The zero-order valence-electron chi connectivity index (χ0n) is 12.1. The number of hydrogen-bond donors (Lipinski definition) is 0. The lowest BCUT2D eigenvalue weighted by atomic mass is 9.99. The van der Waals surface area contributed by atoms with Gasteiger partial charge in [-0.1, -0.05) is 16.5 Å². The number of rotatable bonds is 2. The lowest BCUT2D eigenvalue weighted by molar-refractivity contribution is -0.138. The summed E-state index contributed by atoms with van der Waals surface area (Å²) in [6, 6.07) is 3.93. The lowest BCUT2D eigenvalue weighted by Gasteiger charge is -2.19. The summed E-state index contributed by atoms with van der Waals surface area (Å²) in [6.45, 7) is 8.26.